The lowest BCUT2D eigenvalue weighted by atomic mass is 10.00. The summed E-state index contributed by atoms with van der Waals surface area (Å²) < 4.78 is 33.4. The van der Waals surface area contributed by atoms with Gasteiger partial charge in [-0.1, -0.05) is 11.6 Å². The molecule has 1 heterocycles. The Kier molecular flexibility index (Phi) is 5.34. The monoisotopic (exact) mass is 426 g/mol. The molecule has 0 atom stereocenters. The van der Waals surface area contributed by atoms with Crippen molar-refractivity contribution in [1.29, 1.82) is 0 Å². The van der Waals surface area contributed by atoms with Gasteiger partial charge in [-0.2, -0.15) is 0 Å². The first-order chi connectivity index (χ1) is 14.4. The van der Waals surface area contributed by atoms with Crippen LogP contribution >= 0.6 is 0 Å². The second-order valence-electron chi connectivity index (χ2n) is 7.25. The Morgan fingerprint density at radius 3 is 2.63 bits per heavy atom. The highest BCUT2D eigenvalue weighted by Crippen LogP contribution is 2.40. The van der Waals surface area contributed by atoms with E-state index < -0.39 is 16.0 Å². The van der Waals surface area contributed by atoms with Crippen LogP contribution in [0.5, 0.6) is 0 Å². The van der Waals surface area contributed by atoms with Crippen LogP contribution in [0.3, 0.4) is 0 Å². The highest BCUT2D eigenvalue weighted by molar-refractivity contribution is 7.92. The first-order valence-corrected chi connectivity index (χ1v) is 11.3. The lowest BCUT2D eigenvalue weighted by Crippen LogP contribution is -2.14. The molecule has 1 saturated carbocycles. The Morgan fingerprint density at radius 1 is 1.13 bits per heavy atom. The van der Waals surface area contributed by atoms with Gasteiger partial charge >= 0.3 is 5.97 Å². The van der Waals surface area contributed by atoms with E-state index in [9.17, 15) is 18.0 Å². The van der Waals surface area contributed by atoms with Crippen LogP contribution in [0.1, 0.15) is 48.5 Å². The Balaban J connectivity index is 1.65. The summed E-state index contributed by atoms with van der Waals surface area (Å²) in [5, 5.41) is 2.82. The molecule has 0 bridgehead atoms. The maximum absolute atomic E-state index is 13.0. The second kappa shape index (κ2) is 7.95. The lowest BCUT2D eigenvalue weighted by Gasteiger charge is -2.11. The number of hydrogen-bond acceptors (Lipinski definition) is 5. The highest BCUT2D eigenvalue weighted by atomic mass is 32.2. The van der Waals surface area contributed by atoms with Crippen molar-refractivity contribution < 1.29 is 22.7 Å². The van der Waals surface area contributed by atoms with Gasteiger partial charge in [0.1, 0.15) is 0 Å². The number of carbonyl (C=O) groups excluding carboxylic acids is 2. The minimum absolute atomic E-state index is 0.0513. The number of fused-ring (bicyclic) bond motifs is 1. The highest BCUT2D eigenvalue weighted by Gasteiger charge is 2.30. The van der Waals surface area contributed by atoms with Crippen molar-refractivity contribution in [3.63, 3.8) is 0 Å². The average molecular weight is 426 g/mol. The quantitative estimate of drug-likeness (QED) is 0.557. The molecule has 0 spiro atoms. The molecule has 1 fully saturated rings. The number of rotatable bonds is 5. The summed E-state index contributed by atoms with van der Waals surface area (Å²) in [7, 11) is -3.92. The number of sulfonamides is 1. The molecule has 0 aromatic heterocycles. The average Bonchev–Trinajstić information content (AvgIpc) is 3.34. The van der Waals surface area contributed by atoms with Gasteiger partial charge in [0.25, 0.3) is 15.9 Å². The zero-order valence-corrected chi connectivity index (χ0v) is 17.3. The van der Waals surface area contributed by atoms with Crippen LogP contribution in [0, 0.1) is 0 Å². The van der Waals surface area contributed by atoms with Crippen molar-refractivity contribution in [2.75, 3.05) is 16.6 Å². The molecule has 0 saturated heterocycles. The number of carbonyl (C=O) groups is 2. The third-order valence-electron chi connectivity index (χ3n) is 5.23. The fourth-order valence-corrected chi connectivity index (χ4v) is 4.93. The van der Waals surface area contributed by atoms with Crippen LogP contribution in [-0.2, 0) is 19.6 Å². The molecule has 1 aliphatic carbocycles. The molecule has 4 rings (SSSR count). The van der Waals surface area contributed by atoms with E-state index in [1.807, 2.05) is 0 Å². The first kappa shape index (κ1) is 20.2. The number of ether oxygens (including phenoxy) is 1. The molecule has 2 aromatic carbocycles. The third-order valence-corrected chi connectivity index (χ3v) is 6.61. The van der Waals surface area contributed by atoms with E-state index >= 15 is 0 Å². The van der Waals surface area contributed by atoms with E-state index in [4.69, 9.17) is 4.74 Å². The fraction of sp³-hybridized carbons (Fsp3) is 0.273. The molecule has 0 unspecified atom stereocenters. The number of esters is 1. The summed E-state index contributed by atoms with van der Waals surface area (Å²) in [5.74, 6) is -0.694. The SMILES string of the molecule is CCOC(=O)c1cccc(NS(=O)(=O)c2ccc3c(c2)C(=C2CCCC2)C(=O)N3)c1. The molecule has 7 nitrogen and oxygen atoms in total. The third kappa shape index (κ3) is 3.82. The topological polar surface area (TPSA) is 102 Å². The summed E-state index contributed by atoms with van der Waals surface area (Å²) >= 11 is 0. The molecular formula is C22H22N2O5S. The summed E-state index contributed by atoms with van der Waals surface area (Å²) in [6.45, 7) is 1.93. The van der Waals surface area contributed by atoms with Crippen LogP contribution in [-0.4, -0.2) is 26.9 Å². The Morgan fingerprint density at radius 2 is 1.90 bits per heavy atom. The smallest absolute Gasteiger partial charge is 0.338 e. The number of amides is 1. The number of benzene rings is 2. The van der Waals surface area contributed by atoms with Crippen LogP contribution in [0.25, 0.3) is 5.57 Å². The van der Waals surface area contributed by atoms with Crippen molar-refractivity contribution in [3.05, 3.63) is 59.2 Å². The van der Waals surface area contributed by atoms with Gasteiger partial charge < -0.3 is 10.1 Å². The zero-order chi connectivity index (χ0) is 21.3. The zero-order valence-electron chi connectivity index (χ0n) is 16.5. The Bertz CT molecular complexity index is 1160. The van der Waals surface area contributed by atoms with Crippen LogP contribution in [0.2, 0.25) is 0 Å². The predicted molar refractivity (Wildman–Crippen MR) is 114 cm³/mol. The molecule has 8 heteroatoms. The van der Waals surface area contributed by atoms with E-state index in [0.29, 0.717) is 16.8 Å². The van der Waals surface area contributed by atoms with Gasteiger partial charge in [0.15, 0.2) is 0 Å². The van der Waals surface area contributed by atoms with E-state index in [1.54, 1.807) is 31.2 Å². The van der Waals surface area contributed by atoms with Gasteiger partial charge in [0, 0.05) is 22.5 Å². The van der Waals surface area contributed by atoms with Crippen LogP contribution < -0.4 is 10.0 Å². The van der Waals surface area contributed by atoms with Crippen molar-refractivity contribution in [3.8, 4) is 0 Å². The maximum Gasteiger partial charge on any atom is 0.338 e. The van der Waals surface area contributed by atoms with Crippen molar-refractivity contribution >= 4 is 38.8 Å². The molecule has 30 heavy (non-hydrogen) atoms. The molecule has 1 amide bonds. The number of anilines is 2. The normalized spacial score (nSPS) is 15.7. The van der Waals surface area contributed by atoms with Crippen LogP contribution in [0.15, 0.2) is 52.9 Å². The Labute approximate surface area is 175 Å². The van der Waals surface area contributed by atoms with Gasteiger partial charge in [0.05, 0.1) is 17.1 Å². The van der Waals surface area contributed by atoms with E-state index in [-0.39, 0.29) is 28.7 Å². The Hall–Kier alpha value is -3.13. The maximum atomic E-state index is 13.0. The number of hydrogen-bond donors (Lipinski definition) is 2. The summed E-state index contributed by atoms with van der Waals surface area (Å²) in [6, 6.07) is 10.7. The van der Waals surface area contributed by atoms with E-state index in [2.05, 4.69) is 10.0 Å². The molecule has 0 radical (unpaired) electrons. The summed E-state index contributed by atoms with van der Waals surface area (Å²) in [6.07, 6.45) is 3.80. The van der Waals surface area contributed by atoms with Gasteiger partial charge in [-0.05, 0) is 69.0 Å². The van der Waals surface area contributed by atoms with Crippen molar-refractivity contribution in [1.82, 2.24) is 0 Å². The van der Waals surface area contributed by atoms with Crippen molar-refractivity contribution in [2.45, 2.75) is 37.5 Å². The summed E-state index contributed by atoms with van der Waals surface area (Å²) in [5.41, 5.74) is 3.44. The molecular weight excluding hydrogens is 404 g/mol. The molecule has 1 aliphatic heterocycles. The molecule has 2 N–H and O–H groups in total. The largest absolute Gasteiger partial charge is 0.462 e. The van der Waals surface area contributed by atoms with E-state index in [0.717, 1.165) is 31.3 Å². The number of allylic oxidation sites excluding steroid dienone is 1. The lowest BCUT2D eigenvalue weighted by molar-refractivity contribution is -0.110. The number of nitrogens with one attached hydrogen (secondary N) is 2. The standard InChI is InChI=1S/C22H22N2O5S/c1-2-29-22(26)15-8-5-9-16(12-15)24-30(27,28)17-10-11-19-18(13-17)20(21(25)23-19)14-6-3-4-7-14/h5,8-13,24H,2-4,6-7H2,1H3,(H,23,25). The molecule has 2 aliphatic rings. The minimum Gasteiger partial charge on any atom is -0.462 e. The van der Waals surface area contributed by atoms with Gasteiger partial charge in [-0.3, -0.25) is 9.52 Å². The van der Waals surface area contributed by atoms with Gasteiger partial charge in [-0.25, -0.2) is 13.2 Å². The minimum atomic E-state index is -3.92. The van der Waals surface area contributed by atoms with Gasteiger partial charge in [0.2, 0.25) is 0 Å². The van der Waals surface area contributed by atoms with E-state index in [1.165, 1.54) is 18.2 Å². The fourth-order valence-electron chi connectivity index (χ4n) is 3.85. The van der Waals surface area contributed by atoms with Crippen LogP contribution in [0.4, 0.5) is 11.4 Å². The van der Waals surface area contributed by atoms with Gasteiger partial charge in [-0.15, -0.1) is 0 Å². The first-order valence-electron chi connectivity index (χ1n) is 9.87. The molecule has 2 aromatic rings. The van der Waals surface area contributed by atoms with Crippen molar-refractivity contribution in [2.24, 2.45) is 0 Å². The summed E-state index contributed by atoms with van der Waals surface area (Å²) in [4.78, 5) is 24.4. The predicted octanol–water partition coefficient (Wildman–Crippen LogP) is 3.94. The second-order valence-corrected chi connectivity index (χ2v) is 8.94. The molecule has 156 valence electrons.